The third-order valence-electron chi connectivity index (χ3n) is 3.28. The van der Waals surface area contributed by atoms with Gasteiger partial charge in [0.2, 0.25) is 0 Å². The van der Waals surface area contributed by atoms with Gasteiger partial charge in [-0.05, 0) is 48.7 Å². The van der Waals surface area contributed by atoms with Crippen molar-refractivity contribution in [1.29, 1.82) is 0 Å². The van der Waals surface area contributed by atoms with E-state index in [0.717, 1.165) is 17.3 Å². The third-order valence-corrected chi connectivity index (χ3v) is 3.71. The van der Waals surface area contributed by atoms with E-state index in [9.17, 15) is 9.90 Å². The van der Waals surface area contributed by atoms with E-state index in [4.69, 9.17) is 0 Å². The van der Waals surface area contributed by atoms with Gasteiger partial charge < -0.3 is 10.0 Å². The summed E-state index contributed by atoms with van der Waals surface area (Å²) in [7, 11) is 0. The van der Waals surface area contributed by atoms with Crippen molar-refractivity contribution in [3.8, 4) is 0 Å². The molecule has 1 aliphatic rings. The van der Waals surface area contributed by atoms with Crippen LogP contribution in [0.4, 0.5) is 0 Å². The minimum atomic E-state index is -0.869. The highest BCUT2D eigenvalue weighted by Crippen LogP contribution is 2.28. The van der Waals surface area contributed by atoms with Crippen molar-refractivity contribution in [2.75, 3.05) is 6.54 Å². The molecular formula is C13H17BrN2O2. The first-order valence-electron chi connectivity index (χ1n) is 6.03. The minimum Gasteiger partial charge on any atom is -0.388 e. The maximum absolute atomic E-state index is 12.4. The van der Waals surface area contributed by atoms with Crippen molar-refractivity contribution in [1.82, 2.24) is 9.88 Å². The number of aliphatic hydroxyl groups is 1. The molecule has 1 saturated heterocycles. The minimum absolute atomic E-state index is 0.0616. The number of nitrogens with zero attached hydrogens (tertiary/aromatic N) is 2. The number of aromatic nitrogens is 1. The molecule has 1 atom stereocenters. The molecule has 1 N–H and O–H groups in total. The molecule has 2 heterocycles. The molecule has 98 valence electrons. The van der Waals surface area contributed by atoms with E-state index in [0.29, 0.717) is 12.1 Å². The van der Waals surface area contributed by atoms with E-state index in [-0.39, 0.29) is 11.9 Å². The summed E-state index contributed by atoms with van der Waals surface area (Å²) in [4.78, 5) is 18.2. The Morgan fingerprint density at radius 1 is 1.56 bits per heavy atom. The van der Waals surface area contributed by atoms with E-state index in [1.165, 1.54) is 0 Å². The highest BCUT2D eigenvalue weighted by atomic mass is 79.9. The van der Waals surface area contributed by atoms with Crippen LogP contribution in [0.2, 0.25) is 0 Å². The van der Waals surface area contributed by atoms with Crippen LogP contribution in [0.15, 0.2) is 22.9 Å². The van der Waals surface area contributed by atoms with Gasteiger partial charge in [0.25, 0.3) is 5.91 Å². The topological polar surface area (TPSA) is 53.4 Å². The molecular weight excluding hydrogens is 296 g/mol. The molecule has 1 unspecified atom stereocenters. The summed E-state index contributed by atoms with van der Waals surface area (Å²) < 4.78 is 0.785. The number of likely N-dealkylation sites (tertiary alicyclic amines) is 1. The Labute approximate surface area is 115 Å². The standard InChI is InChI=1S/C13H17BrN2O2/c1-13(2,18)11-4-3-5-16(11)12(17)9-6-10(14)8-15-7-9/h6-8,11,18H,3-5H2,1-2H3. The fourth-order valence-electron chi connectivity index (χ4n) is 2.44. The lowest BCUT2D eigenvalue weighted by Crippen LogP contribution is -2.48. The molecule has 0 aromatic carbocycles. The summed E-state index contributed by atoms with van der Waals surface area (Å²) >= 11 is 3.31. The SMILES string of the molecule is CC(C)(O)C1CCCN1C(=O)c1cncc(Br)c1. The van der Waals surface area contributed by atoms with E-state index < -0.39 is 5.60 Å². The van der Waals surface area contributed by atoms with E-state index in [1.807, 2.05) is 0 Å². The first-order valence-corrected chi connectivity index (χ1v) is 6.83. The molecule has 0 bridgehead atoms. The summed E-state index contributed by atoms with van der Waals surface area (Å²) in [6.45, 7) is 4.20. The van der Waals surface area contributed by atoms with E-state index in [2.05, 4.69) is 20.9 Å². The molecule has 18 heavy (non-hydrogen) atoms. The quantitative estimate of drug-likeness (QED) is 0.911. The molecule has 1 fully saturated rings. The summed E-state index contributed by atoms with van der Waals surface area (Å²) in [6.07, 6.45) is 4.99. The Hall–Kier alpha value is -0.940. The Balaban J connectivity index is 2.23. The maximum Gasteiger partial charge on any atom is 0.255 e. The van der Waals surface area contributed by atoms with Crippen LogP contribution < -0.4 is 0 Å². The average Bonchev–Trinajstić information content (AvgIpc) is 2.76. The zero-order chi connectivity index (χ0) is 13.3. The summed E-state index contributed by atoms with van der Waals surface area (Å²) in [6, 6.07) is 1.64. The molecule has 5 heteroatoms. The van der Waals surface area contributed by atoms with Gasteiger partial charge in [-0.1, -0.05) is 0 Å². The summed E-state index contributed by atoms with van der Waals surface area (Å²) in [5.41, 5.74) is -0.313. The molecule has 0 radical (unpaired) electrons. The van der Waals surface area contributed by atoms with Crippen LogP contribution in [-0.4, -0.2) is 39.1 Å². The second kappa shape index (κ2) is 4.97. The van der Waals surface area contributed by atoms with Crippen molar-refractivity contribution in [3.05, 3.63) is 28.5 Å². The zero-order valence-corrected chi connectivity index (χ0v) is 12.1. The van der Waals surface area contributed by atoms with Crippen LogP contribution in [0.1, 0.15) is 37.0 Å². The van der Waals surface area contributed by atoms with Crippen LogP contribution in [-0.2, 0) is 0 Å². The average molecular weight is 313 g/mol. The number of carbonyl (C=O) groups excluding carboxylic acids is 1. The van der Waals surface area contributed by atoms with Gasteiger partial charge in [0.15, 0.2) is 0 Å². The third kappa shape index (κ3) is 2.72. The lowest BCUT2D eigenvalue weighted by atomic mass is 9.96. The molecule has 0 spiro atoms. The molecule has 2 rings (SSSR count). The van der Waals surface area contributed by atoms with Gasteiger partial charge in [-0.25, -0.2) is 0 Å². The monoisotopic (exact) mass is 312 g/mol. The van der Waals surface area contributed by atoms with Crippen LogP contribution in [0.3, 0.4) is 0 Å². The maximum atomic E-state index is 12.4. The zero-order valence-electron chi connectivity index (χ0n) is 10.6. The molecule has 1 aliphatic heterocycles. The van der Waals surface area contributed by atoms with Gasteiger partial charge in [-0.3, -0.25) is 9.78 Å². The number of amides is 1. The molecule has 4 nitrogen and oxygen atoms in total. The fraction of sp³-hybridized carbons (Fsp3) is 0.538. The van der Waals surface area contributed by atoms with Crippen LogP contribution in [0.25, 0.3) is 0 Å². The van der Waals surface area contributed by atoms with Gasteiger partial charge >= 0.3 is 0 Å². The van der Waals surface area contributed by atoms with Crippen molar-refractivity contribution in [3.63, 3.8) is 0 Å². The highest BCUT2D eigenvalue weighted by Gasteiger charge is 2.38. The highest BCUT2D eigenvalue weighted by molar-refractivity contribution is 9.10. The number of pyridine rings is 1. The molecule has 0 aliphatic carbocycles. The predicted octanol–water partition coefficient (Wildman–Crippen LogP) is 2.22. The van der Waals surface area contributed by atoms with Gasteiger partial charge in [0, 0.05) is 23.4 Å². The number of rotatable bonds is 2. The first kappa shape index (κ1) is 13.5. The van der Waals surface area contributed by atoms with E-state index >= 15 is 0 Å². The molecule has 1 aromatic heterocycles. The van der Waals surface area contributed by atoms with Crippen molar-refractivity contribution >= 4 is 21.8 Å². The molecule has 1 amide bonds. The largest absolute Gasteiger partial charge is 0.388 e. The van der Waals surface area contributed by atoms with Crippen molar-refractivity contribution in [2.24, 2.45) is 0 Å². The Morgan fingerprint density at radius 2 is 2.28 bits per heavy atom. The van der Waals surface area contributed by atoms with Crippen LogP contribution in [0.5, 0.6) is 0 Å². The molecule has 0 saturated carbocycles. The molecule has 1 aromatic rings. The lowest BCUT2D eigenvalue weighted by Gasteiger charge is -2.33. The van der Waals surface area contributed by atoms with Gasteiger partial charge in [-0.2, -0.15) is 0 Å². The van der Waals surface area contributed by atoms with Gasteiger partial charge in [-0.15, -0.1) is 0 Å². The Morgan fingerprint density at radius 3 is 2.89 bits per heavy atom. The normalized spacial score (nSPS) is 20.2. The summed E-state index contributed by atoms with van der Waals surface area (Å²) in [5.74, 6) is -0.0616. The number of carbonyl (C=O) groups is 1. The second-order valence-electron chi connectivity index (χ2n) is 5.20. The van der Waals surface area contributed by atoms with Crippen LogP contribution >= 0.6 is 15.9 Å². The Bertz CT molecular complexity index is 457. The van der Waals surface area contributed by atoms with E-state index in [1.54, 1.807) is 37.2 Å². The van der Waals surface area contributed by atoms with Gasteiger partial charge in [0.1, 0.15) is 0 Å². The lowest BCUT2D eigenvalue weighted by molar-refractivity contribution is 0.000316. The number of hydrogen-bond acceptors (Lipinski definition) is 3. The predicted molar refractivity (Wildman–Crippen MR) is 72.3 cm³/mol. The van der Waals surface area contributed by atoms with Crippen LogP contribution in [0, 0.1) is 0 Å². The Kier molecular flexibility index (Phi) is 3.73. The fourth-order valence-corrected chi connectivity index (χ4v) is 2.80. The first-order chi connectivity index (χ1) is 8.39. The smallest absolute Gasteiger partial charge is 0.255 e. The second-order valence-corrected chi connectivity index (χ2v) is 6.12. The number of hydrogen-bond donors (Lipinski definition) is 1. The van der Waals surface area contributed by atoms with Crippen molar-refractivity contribution in [2.45, 2.75) is 38.3 Å². The van der Waals surface area contributed by atoms with Gasteiger partial charge in [0.05, 0.1) is 17.2 Å². The summed E-state index contributed by atoms with van der Waals surface area (Å²) in [5, 5.41) is 10.1. The van der Waals surface area contributed by atoms with Crippen molar-refractivity contribution < 1.29 is 9.90 Å². The number of halogens is 1.